The van der Waals surface area contributed by atoms with Crippen molar-refractivity contribution in [1.82, 2.24) is 14.5 Å². The number of carbonyl (C=O) groups excluding carboxylic acids is 2. The number of anilines is 1. The number of nitrogens with zero attached hydrogens (tertiary/aromatic N) is 2. The molecule has 0 radical (unpaired) electrons. The third kappa shape index (κ3) is 2.84. The van der Waals surface area contributed by atoms with Gasteiger partial charge in [-0.1, -0.05) is 50.1 Å². The van der Waals surface area contributed by atoms with E-state index in [4.69, 9.17) is 4.74 Å². The molecule has 0 spiro atoms. The minimum Gasteiger partial charge on any atom is -0.376 e. The molecule has 42 heavy (non-hydrogen) atoms. The highest BCUT2D eigenvalue weighted by Crippen LogP contribution is 2.58. The normalized spacial score (nSPS) is 24.2. The summed E-state index contributed by atoms with van der Waals surface area (Å²) in [5.41, 5.74) is 2.09. The summed E-state index contributed by atoms with van der Waals surface area (Å²) in [4.78, 5) is 27.6. The van der Waals surface area contributed by atoms with Crippen LogP contribution >= 0.6 is 31.9 Å². The average molecular weight is 686 g/mol. The Hall–Kier alpha value is -3.70. The second-order valence-electron chi connectivity index (χ2n) is 11.5. The zero-order valence-corrected chi connectivity index (χ0v) is 25.3. The number of rotatable bonds is 2. The Bertz CT molecular complexity index is 2240. The van der Waals surface area contributed by atoms with Crippen LogP contribution in [0.2, 0.25) is 0 Å². The first kappa shape index (κ1) is 24.9. The van der Waals surface area contributed by atoms with Crippen molar-refractivity contribution in [2.45, 2.75) is 37.4 Å². The average Bonchev–Trinajstić information content (AvgIpc) is 3.66. The summed E-state index contributed by atoms with van der Waals surface area (Å²) >= 11 is 7.28. The molecular weight excluding hydrogens is 664 g/mol. The maximum atomic E-state index is 14.1. The van der Waals surface area contributed by atoms with Gasteiger partial charge in [0.15, 0.2) is 11.3 Å². The van der Waals surface area contributed by atoms with Crippen molar-refractivity contribution < 1.29 is 19.4 Å². The minimum absolute atomic E-state index is 0.0114. The number of hydrogen-bond donors (Lipinski definition) is 3. The fourth-order valence-electron chi connectivity index (χ4n) is 7.56. The van der Waals surface area contributed by atoms with Crippen molar-refractivity contribution in [2.24, 2.45) is 0 Å². The quantitative estimate of drug-likeness (QED) is 0.190. The number of benzene rings is 4. The summed E-state index contributed by atoms with van der Waals surface area (Å²) in [6.07, 6.45) is -0.670. The third-order valence-electron chi connectivity index (χ3n) is 9.35. The van der Waals surface area contributed by atoms with Crippen LogP contribution in [-0.2, 0) is 21.8 Å². The lowest BCUT2D eigenvalue weighted by molar-refractivity contribution is -0.183. The Labute approximate surface area is 255 Å². The highest BCUT2D eigenvalue weighted by atomic mass is 79.9. The lowest BCUT2D eigenvalue weighted by Gasteiger charge is -2.38. The number of amides is 2. The van der Waals surface area contributed by atoms with E-state index in [1.807, 2.05) is 59.2 Å². The summed E-state index contributed by atoms with van der Waals surface area (Å²) in [5, 5.41) is 22.2. The standard InChI is InChI=1S/C32H22Br2N4O4/c1-31-32(41,30(40)36-17-5-3-2-4-6-17)13-23(42-31)37-21-9-7-15(33)11-18(21)25-26-20(14-35-29(26)39)24-19-12-16(34)8-10-22(19)38(31)28(24)27(25)37/h2-12,23,41H,13-14H2,1H3,(H,35,39)(H,36,40). The molecule has 9 rings (SSSR count). The fraction of sp³-hybridized carbons (Fsp3) is 0.188. The fourth-order valence-corrected chi connectivity index (χ4v) is 8.28. The van der Waals surface area contributed by atoms with Crippen LogP contribution < -0.4 is 10.6 Å². The van der Waals surface area contributed by atoms with Crippen LogP contribution in [0.25, 0.3) is 43.6 Å². The molecule has 3 aliphatic heterocycles. The van der Waals surface area contributed by atoms with Crippen LogP contribution in [0, 0.1) is 0 Å². The molecule has 2 amide bonds. The van der Waals surface area contributed by atoms with Gasteiger partial charge < -0.3 is 29.6 Å². The van der Waals surface area contributed by atoms with Crippen LogP contribution in [-0.4, -0.2) is 31.7 Å². The van der Waals surface area contributed by atoms with E-state index < -0.39 is 23.5 Å². The number of hydrogen-bond acceptors (Lipinski definition) is 4. The third-order valence-corrected chi connectivity index (χ3v) is 10.3. The van der Waals surface area contributed by atoms with Crippen molar-refractivity contribution >= 4 is 93.0 Å². The van der Waals surface area contributed by atoms with Crippen LogP contribution in [0.3, 0.4) is 0 Å². The molecule has 3 atom stereocenters. The first-order chi connectivity index (χ1) is 20.2. The molecule has 0 saturated carbocycles. The molecule has 0 aliphatic carbocycles. The van der Waals surface area contributed by atoms with Gasteiger partial charge in [-0.05, 0) is 61.0 Å². The van der Waals surface area contributed by atoms with Gasteiger partial charge >= 0.3 is 0 Å². The minimum atomic E-state index is -1.94. The second kappa shape index (κ2) is 8.02. The van der Waals surface area contributed by atoms with E-state index in [1.165, 1.54) is 0 Å². The van der Waals surface area contributed by atoms with Crippen LogP contribution in [0.1, 0.15) is 35.5 Å². The molecule has 208 valence electrons. The second-order valence-corrected chi connectivity index (χ2v) is 13.3. The maximum Gasteiger partial charge on any atom is 0.261 e. The Balaban J connectivity index is 1.48. The molecule has 3 N–H and O–H groups in total. The van der Waals surface area contributed by atoms with E-state index in [0.717, 1.165) is 58.1 Å². The monoisotopic (exact) mass is 684 g/mol. The lowest BCUT2D eigenvalue weighted by Crippen LogP contribution is -2.57. The smallest absolute Gasteiger partial charge is 0.261 e. The number of aromatic nitrogens is 2. The van der Waals surface area contributed by atoms with Crippen molar-refractivity contribution in [1.29, 1.82) is 0 Å². The molecule has 2 aromatic heterocycles. The van der Waals surface area contributed by atoms with Crippen LogP contribution in [0.15, 0.2) is 75.7 Å². The summed E-state index contributed by atoms with van der Waals surface area (Å²) in [6, 6.07) is 21.1. The van der Waals surface area contributed by atoms with Gasteiger partial charge in [0.25, 0.3) is 11.8 Å². The van der Waals surface area contributed by atoms with E-state index in [-0.39, 0.29) is 12.3 Å². The van der Waals surface area contributed by atoms with Gasteiger partial charge in [-0.15, -0.1) is 0 Å². The van der Waals surface area contributed by atoms with Gasteiger partial charge in [-0.2, -0.15) is 0 Å². The van der Waals surface area contributed by atoms with Gasteiger partial charge in [0.2, 0.25) is 0 Å². The van der Waals surface area contributed by atoms with E-state index in [2.05, 4.69) is 47.1 Å². The number of ether oxygens (including phenoxy) is 1. The first-order valence-electron chi connectivity index (χ1n) is 13.7. The molecule has 1 saturated heterocycles. The van der Waals surface area contributed by atoms with Gasteiger partial charge in [0.1, 0.15) is 6.23 Å². The van der Waals surface area contributed by atoms with E-state index in [0.29, 0.717) is 17.8 Å². The summed E-state index contributed by atoms with van der Waals surface area (Å²) in [7, 11) is 0. The van der Waals surface area contributed by atoms with Crippen molar-refractivity contribution in [3.63, 3.8) is 0 Å². The van der Waals surface area contributed by atoms with Crippen LogP contribution in [0.5, 0.6) is 0 Å². The number of carbonyl (C=O) groups is 2. The largest absolute Gasteiger partial charge is 0.376 e. The Morgan fingerprint density at radius 2 is 1.69 bits per heavy atom. The molecular formula is C32H22Br2N4O4. The molecule has 2 bridgehead atoms. The Kier molecular flexibility index (Phi) is 4.74. The SMILES string of the molecule is CC12OC(CC1(O)C(=O)Nc1ccccc1)n1c3ccc(Br)cc3c3c4c(c5c6cc(Br)ccc6n2c5c31)CNC4=O. The Morgan fingerprint density at radius 3 is 2.43 bits per heavy atom. The van der Waals surface area contributed by atoms with Crippen LogP contribution in [0.4, 0.5) is 5.69 Å². The molecule has 8 nitrogen and oxygen atoms in total. The van der Waals surface area contributed by atoms with Crippen molar-refractivity contribution in [3.05, 3.63) is 86.8 Å². The molecule has 6 aromatic rings. The summed E-state index contributed by atoms with van der Waals surface area (Å²) < 4.78 is 12.7. The van der Waals surface area contributed by atoms with Crippen molar-refractivity contribution in [2.75, 3.05) is 5.32 Å². The highest BCUT2D eigenvalue weighted by molar-refractivity contribution is 9.10. The maximum absolute atomic E-state index is 14.1. The molecule has 1 fully saturated rings. The predicted octanol–water partition coefficient (Wildman–Crippen LogP) is 6.65. The first-order valence-corrected chi connectivity index (χ1v) is 15.3. The summed E-state index contributed by atoms with van der Waals surface area (Å²) in [5.74, 6) is -0.648. The highest BCUT2D eigenvalue weighted by Gasteiger charge is 2.65. The molecule has 3 aliphatic rings. The predicted molar refractivity (Wildman–Crippen MR) is 167 cm³/mol. The Morgan fingerprint density at radius 1 is 1.00 bits per heavy atom. The van der Waals surface area contributed by atoms with Gasteiger partial charge in [0.05, 0.1) is 27.6 Å². The number of para-hydroxylation sites is 1. The number of fused-ring (bicyclic) bond motifs is 13. The van der Waals surface area contributed by atoms with Gasteiger partial charge in [0, 0.05) is 49.1 Å². The summed E-state index contributed by atoms with van der Waals surface area (Å²) in [6.45, 7) is 2.18. The lowest BCUT2D eigenvalue weighted by atomic mass is 9.87. The number of halogens is 2. The topological polar surface area (TPSA) is 97.5 Å². The number of nitrogens with one attached hydrogen (secondary N) is 2. The zero-order chi connectivity index (χ0) is 28.7. The van der Waals surface area contributed by atoms with Crippen molar-refractivity contribution in [3.8, 4) is 0 Å². The molecule has 10 heteroatoms. The van der Waals surface area contributed by atoms with Gasteiger partial charge in [-0.25, -0.2) is 0 Å². The molecule has 5 heterocycles. The van der Waals surface area contributed by atoms with E-state index in [1.54, 1.807) is 19.1 Å². The zero-order valence-electron chi connectivity index (χ0n) is 22.2. The van der Waals surface area contributed by atoms with E-state index in [9.17, 15) is 14.7 Å². The van der Waals surface area contributed by atoms with Gasteiger partial charge in [-0.3, -0.25) is 9.59 Å². The number of aliphatic hydroxyl groups is 1. The molecule has 3 unspecified atom stereocenters. The van der Waals surface area contributed by atoms with E-state index >= 15 is 0 Å². The molecule has 4 aromatic carbocycles.